The van der Waals surface area contributed by atoms with Gasteiger partial charge in [-0.1, -0.05) is 42.5 Å². The topological polar surface area (TPSA) is 50.5 Å². The molecule has 1 aliphatic heterocycles. The third-order valence-corrected chi connectivity index (χ3v) is 5.44. The molecule has 1 N–H and O–H groups in total. The number of nitrogens with one attached hydrogen (secondary N) is 1. The Morgan fingerprint density at radius 2 is 1.93 bits per heavy atom. The number of piperidine rings is 1. The lowest BCUT2D eigenvalue weighted by Gasteiger charge is -2.32. The molecule has 0 unspecified atom stereocenters. The number of rotatable bonds is 7. The molecule has 1 saturated heterocycles. The van der Waals surface area contributed by atoms with Gasteiger partial charge in [0.2, 0.25) is 0 Å². The first-order valence-electron chi connectivity index (χ1n) is 10.4. The molecule has 1 fully saturated rings. The van der Waals surface area contributed by atoms with Crippen molar-refractivity contribution in [3.8, 4) is 17.1 Å². The Balaban J connectivity index is 1.29. The smallest absolute Gasteiger partial charge is 0.295 e. The summed E-state index contributed by atoms with van der Waals surface area (Å²) in [5, 5.41) is 3.46. The zero-order valence-electron chi connectivity index (χ0n) is 17.2. The Morgan fingerprint density at radius 1 is 1.14 bits per heavy atom. The van der Waals surface area contributed by atoms with Crippen LogP contribution in [0.2, 0.25) is 0 Å². The highest BCUT2D eigenvalue weighted by Crippen LogP contribution is 2.25. The molecule has 0 atom stereocenters. The molecule has 2 heterocycles. The number of likely N-dealkylation sites (tertiary alicyclic amines) is 1. The molecule has 5 heteroatoms. The standard InChI is InChI=1S/C24H29N3O2/c1-3-28-22-15-19(10-9-18(22)2)17-27-13-11-21(12-14-27)26-24-25-16-23(29-24)20-7-5-4-6-8-20/h4-10,15-16,21H,3,11-14,17H2,1-2H3,(H,25,26). The summed E-state index contributed by atoms with van der Waals surface area (Å²) in [5.74, 6) is 1.80. The average Bonchev–Trinajstić information content (AvgIpc) is 3.21. The molecule has 29 heavy (non-hydrogen) atoms. The summed E-state index contributed by atoms with van der Waals surface area (Å²) in [5.41, 5.74) is 3.55. The molecule has 152 valence electrons. The fraction of sp³-hybridized carbons (Fsp3) is 0.375. The molecule has 0 amide bonds. The molecule has 0 bridgehead atoms. The van der Waals surface area contributed by atoms with Crippen LogP contribution < -0.4 is 10.1 Å². The second-order valence-electron chi connectivity index (χ2n) is 7.62. The summed E-state index contributed by atoms with van der Waals surface area (Å²) < 4.78 is 11.6. The molecule has 4 rings (SSSR count). The molecule has 2 aromatic carbocycles. The van der Waals surface area contributed by atoms with E-state index in [-0.39, 0.29) is 0 Å². The molecule has 0 spiro atoms. The van der Waals surface area contributed by atoms with Gasteiger partial charge >= 0.3 is 0 Å². The van der Waals surface area contributed by atoms with Gasteiger partial charge in [0.15, 0.2) is 5.76 Å². The van der Waals surface area contributed by atoms with E-state index in [1.54, 1.807) is 6.20 Å². The Kier molecular flexibility index (Phi) is 6.15. The normalized spacial score (nSPS) is 15.4. The van der Waals surface area contributed by atoms with Crippen LogP contribution >= 0.6 is 0 Å². The third kappa shape index (κ3) is 4.98. The third-order valence-electron chi connectivity index (χ3n) is 5.44. The van der Waals surface area contributed by atoms with Crippen molar-refractivity contribution in [2.24, 2.45) is 0 Å². The molecule has 0 aliphatic carbocycles. The molecule has 0 radical (unpaired) electrons. The van der Waals surface area contributed by atoms with E-state index >= 15 is 0 Å². The van der Waals surface area contributed by atoms with Crippen molar-refractivity contribution < 1.29 is 9.15 Å². The first-order valence-corrected chi connectivity index (χ1v) is 10.4. The van der Waals surface area contributed by atoms with Gasteiger partial charge in [-0.2, -0.15) is 0 Å². The summed E-state index contributed by atoms with van der Waals surface area (Å²) >= 11 is 0. The van der Waals surface area contributed by atoms with Gasteiger partial charge in [0.05, 0.1) is 12.8 Å². The number of aryl methyl sites for hydroxylation is 1. The zero-order valence-corrected chi connectivity index (χ0v) is 17.2. The Hall–Kier alpha value is -2.79. The fourth-order valence-corrected chi connectivity index (χ4v) is 3.80. The largest absolute Gasteiger partial charge is 0.494 e. The highest BCUT2D eigenvalue weighted by molar-refractivity contribution is 5.57. The molecular weight excluding hydrogens is 362 g/mol. The van der Waals surface area contributed by atoms with Gasteiger partial charge in [0.25, 0.3) is 6.01 Å². The SMILES string of the molecule is CCOc1cc(CN2CCC(Nc3ncc(-c4ccccc4)o3)CC2)ccc1C. The summed E-state index contributed by atoms with van der Waals surface area (Å²) in [7, 11) is 0. The maximum absolute atomic E-state index is 5.89. The zero-order chi connectivity index (χ0) is 20.1. The van der Waals surface area contributed by atoms with Crippen LogP contribution in [0.1, 0.15) is 30.9 Å². The highest BCUT2D eigenvalue weighted by Gasteiger charge is 2.21. The monoisotopic (exact) mass is 391 g/mol. The predicted molar refractivity (Wildman–Crippen MR) is 116 cm³/mol. The van der Waals surface area contributed by atoms with Crippen LogP contribution in [0.15, 0.2) is 59.1 Å². The van der Waals surface area contributed by atoms with Crippen LogP contribution in [0.3, 0.4) is 0 Å². The van der Waals surface area contributed by atoms with Crippen molar-refractivity contribution in [2.45, 2.75) is 39.3 Å². The second-order valence-corrected chi connectivity index (χ2v) is 7.62. The van der Waals surface area contributed by atoms with Crippen molar-refractivity contribution in [2.75, 3.05) is 25.0 Å². The van der Waals surface area contributed by atoms with Gasteiger partial charge < -0.3 is 14.5 Å². The molecule has 0 saturated carbocycles. The maximum Gasteiger partial charge on any atom is 0.295 e. The first kappa shape index (κ1) is 19.5. The van der Waals surface area contributed by atoms with Crippen LogP contribution in [0.4, 0.5) is 6.01 Å². The molecule has 3 aromatic rings. The van der Waals surface area contributed by atoms with E-state index < -0.39 is 0 Å². The summed E-state index contributed by atoms with van der Waals surface area (Å²) in [6.07, 6.45) is 3.95. The number of ether oxygens (including phenoxy) is 1. The Bertz CT molecular complexity index is 915. The summed E-state index contributed by atoms with van der Waals surface area (Å²) in [6, 6.07) is 17.6. The van der Waals surface area contributed by atoms with Gasteiger partial charge in [-0.15, -0.1) is 0 Å². The lowest BCUT2D eigenvalue weighted by atomic mass is 10.0. The number of hydrogen-bond donors (Lipinski definition) is 1. The average molecular weight is 392 g/mol. The first-order chi connectivity index (χ1) is 14.2. The second kappa shape index (κ2) is 9.14. The van der Waals surface area contributed by atoms with Crippen molar-refractivity contribution in [3.63, 3.8) is 0 Å². The van der Waals surface area contributed by atoms with E-state index in [9.17, 15) is 0 Å². The molecular formula is C24H29N3O2. The highest BCUT2D eigenvalue weighted by atomic mass is 16.5. The summed E-state index contributed by atoms with van der Waals surface area (Å²) in [4.78, 5) is 6.91. The Labute approximate surface area is 172 Å². The van der Waals surface area contributed by atoms with Crippen molar-refractivity contribution in [1.82, 2.24) is 9.88 Å². The van der Waals surface area contributed by atoms with Gasteiger partial charge in [0.1, 0.15) is 5.75 Å². The van der Waals surface area contributed by atoms with Gasteiger partial charge in [-0.05, 0) is 43.9 Å². The lowest BCUT2D eigenvalue weighted by Crippen LogP contribution is -2.38. The van der Waals surface area contributed by atoms with E-state index in [1.165, 1.54) is 11.1 Å². The number of hydrogen-bond acceptors (Lipinski definition) is 5. The van der Waals surface area contributed by atoms with E-state index in [0.717, 1.165) is 49.5 Å². The van der Waals surface area contributed by atoms with Crippen molar-refractivity contribution >= 4 is 6.01 Å². The van der Waals surface area contributed by atoms with Gasteiger partial charge in [-0.25, -0.2) is 4.98 Å². The lowest BCUT2D eigenvalue weighted by molar-refractivity contribution is 0.210. The number of anilines is 1. The number of nitrogens with zero attached hydrogens (tertiary/aromatic N) is 2. The van der Waals surface area contributed by atoms with E-state index in [0.29, 0.717) is 18.7 Å². The number of oxazole rings is 1. The summed E-state index contributed by atoms with van der Waals surface area (Å²) in [6.45, 7) is 7.90. The van der Waals surface area contributed by atoms with Crippen molar-refractivity contribution in [1.29, 1.82) is 0 Å². The minimum atomic E-state index is 0.394. The van der Waals surface area contributed by atoms with E-state index in [4.69, 9.17) is 9.15 Å². The number of aromatic nitrogens is 1. The molecule has 5 nitrogen and oxygen atoms in total. The van der Waals surface area contributed by atoms with Crippen LogP contribution in [0.25, 0.3) is 11.3 Å². The van der Waals surface area contributed by atoms with Crippen molar-refractivity contribution in [3.05, 3.63) is 65.9 Å². The minimum absolute atomic E-state index is 0.394. The van der Waals surface area contributed by atoms with Gasteiger partial charge in [-0.3, -0.25) is 4.90 Å². The van der Waals surface area contributed by atoms with Crippen LogP contribution in [-0.4, -0.2) is 35.6 Å². The van der Waals surface area contributed by atoms with Crippen LogP contribution in [0, 0.1) is 6.92 Å². The van der Waals surface area contributed by atoms with E-state index in [2.05, 4.69) is 40.3 Å². The number of benzene rings is 2. The van der Waals surface area contributed by atoms with E-state index in [1.807, 2.05) is 37.3 Å². The van der Waals surface area contributed by atoms with Crippen LogP contribution in [-0.2, 0) is 6.54 Å². The molecule has 1 aromatic heterocycles. The molecule has 1 aliphatic rings. The maximum atomic E-state index is 5.89. The minimum Gasteiger partial charge on any atom is -0.494 e. The van der Waals surface area contributed by atoms with Crippen LogP contribution in [0.5, 0.6) is 5.75 Å². The Morgan fingerprint density at radius 3 is 2.69 bits per heavy atom. The predicted octanol–water partition coefficient (Wildman–Crippen LogP) is 5.13. The fourth-order valence-electron chi connectivity index (χ4n) is 3.80. The quantitative estimate of drug-likeness (QED) is 0.605. The van der Waals surface area contributed by atoms with Gasteiger partial charge in [0, 0.05) is 31.2 Å².